The van der Waals surface area contributed by atoms with Crippen LogP contribution in [-0.2, 0) is 28.5 Å². The van der Waals surface area contributed by atoms with Gasteiger partial charge in [-0.25, -0.2) is 14.4 Å². The number of piperidine rings is 1. The molecule has 214 valence electrons. The van der Waals surface area contributed by atoms with Crippen molar-refractivity contribution in [3.63, 3.8) is 0 Å². The number of methoxy groups -OCH3 is 2. The normalized spacial score (nSPS) is 28.0. The van der Waals surface area contributed by atoms with E-state index < -0.39 is 11.2 Å². The largest absolute Gasteiger partial charge is 0.469 e. The van der Waals surface area contributed by atoms with E-state index in [1.165, 1.54) is 14.2 Å². The zero-order valence-corrected chi connectivity index (χ0v) is 24.1. The van der Waals surface area contributed by atoms with Crippen molar-refractivity contribution in [3.05, 3.63) is 11.6 Å². The number of amides is 2. The lowest BCUT2D eigenvalue weighted by Crippen LogP contribution is -2.49. The Morgan fingerprint density at radius 3 is 1.68 bits per heavy atom. The molecule has 0 radical (unpaired) electrons. The number of carbonyl (C=O) groups is 4. The summed E-state index contributed by atoms with van der Waals surface area (Å²) in [5, 5.41) is 0. The lowest BCUT2D eigenvalue weighted by Gasteiger charge is -2.38. The van der Waals surface area contributed by atoms with Crippen LogP contribution in [0.2, 0.25) is 0 Å². The van der Waals surface area contributed by atoms with E-state index in [-0.39, 0.29) is 54.2 Å². The molecule has 4 unspecified atom stereocenters. The minimum Gasteiger partial charge on any atom is -0.469 e. The molecule has 0 aromatic rings. The molecule has 38 heavy (non-hydrogen) atoms. The van der Waals surface area contributed by atoms with Crippen LogP contribution in [0.5, 0.6) is 0 Å². The van der Waals surface area contributed by atoms with Gasteiger partial charge in [-0.15, -0.1) is 0 Å². The summed E-state index contributed by atoms with van der Waals surface area (Å²) in [4.78, 5) is 51.2. The molecule has 3 saturated heterocycles. The van der Waals surface area contributed by atoms with Gasteiger partial charge in [0.25, 0.3) is 0 Å². The zero-order valence-electron chi connectivity index (χ0n) is 24.1. The van der Waals surface area contributed by atoms with Gasteiger partial charge >= 0.3 is 24.1 Å². The summed E-state index contributed by atoms with van der Waals surface area (Å²) < 4.78 is 20.4. The minimum atomic E-state index is -0.497. The van der Waals surface area contributed by atoms with Gasteiger partial charge < -0.3 is 23.8 Å². The summed E-state index contributed by atoms with van der Waals surface area (Å²) in [6.07, 6.45) is 6.95. The van der Waals surface area contributed by atoms with Crippen molar-refractivity contribution in [2.24, 2.45) is 5.92 Å². The van der Waals surface area contributed by atoms with Crippen molar-refractivity contribution in [2.75, 3.05) is 14.2 Å². The second kappa shape index (κ2) is 11.5. The third-order valence-electron chi connectivity index (χ3n) is 7.32. The van der Waals surface area contributed by atoms with Gasteiger partial charge in [0.2, 0.25) is 0 Å². The second-order valence-corrected chi connectivity index (χ2v) is 12.5. The Labute approximate surface area is 226 Å². The maximum atomic E-state index is 12.2. The molecule has 0 aromatic heterocycles. The quantitative estimate of drug-likeness (QED) is 0.372. The fourth-order valence-corrected chi connectivity index (χ4v) is 5.86. The number of hydrogen-bond donors (Lipinski definition) is 0. The third kappa shape index (κ3) is 7.20. The molecule has 2 amide bonds. The van der Waals surface area contributed by atoms with E-state index in [4.69, 9.17) is 18.9 Å². The predicted molar refractivity (Wildman–Crippen MR) is 139 cm³/mol. The maximum absolute atomic E-state index is 12.2. The van der Waals surface area contributed by atoms with Crippen molar-refractivity contribution in [2.45, 2.75) is 122 Å². The second-order valence-electron chi connectivity index (χ2n) is 12.5. The van der Waals surface area contributed by atoms with Gasteiger partial charge in [-0.1, -0.05) is 6.08 Å². The Kier molecular flexibility index (Phi) is 9.04. The molecule has 4 heterocycles. The summed E-state index contributed by atoms with van der Waals surface area (Å²) in [7, 11) is 2.80. The summed E-state index contributed by atoms with van der Waals surface area (Å²) in [5.41, 5.74) is -0.298. The van der Waals surface area contributed by atoms with E-state index in [2.05, 4.69) is 0 Å². The molecule has 0 aliphatic carbocycles. The Morgan fingerprint density at radius 1 is 0.737 bits per heavy atom. The van der Waals surface area contributed by atoms with Gasteiger partial charge in [0.15, 0.2) is 0 Å². The average molecular weight is 537 g/mol. The Hall–Kier alpha value is -2.78. The van der Waals surface area contributed by atoms with Crippen LogP contribution in [0.25, 0.3) is 0 Å². The molecule has 4 rings (SSSR count). The van der Waals surface area contributed by atoms with Crippen molar-refractivity contribution in [1.29, 1.82) is 0 Å². The number of nitrogens with zero attached hydrogens (tertiary/aromatic N) is 2. The summed E-state index contributed by atoms with van der Waals surface area (Å²) in [6.45, 7) is 11.2. The van der Waals surface area contributed by atoms with E-state index in [1.807, 2.05) is 52.5 Å². The highest BCUT2D eigenvalue weighted by Gasteiger charge is 2.47. The molecular weight excluding hydrogens is 492 g/mol. The van der Waals surface area contributed by atoms with Crippen LogP contribution in [0.4, 0.5) is 9.59 Å². The van der Waals surface area contributed by atoms with Crippen LogP contribution in [0, 0.1) is 5.92 Å². The minimum absolute atomic E-state index is 0.0392. The number of fused-ring (bicyclic) bond motifs is 4. The SMILES string of the molecule is COC(=O)C1=CC2CCC(C1)N2C(=O)OC(C)(C)C.COC(=O)C1CC2CCC(C1)N2C(=O)OC(C)(C)C. The molecule has 4 bridgehead atoms. The van der Waals surface area contributed by atoms with Crippen LogP contribution >= 0.6 is 0 Å². The first-order valence-corrected chi connectivity index (χ1v) is 13.5. The molecule has 0 aromatic carbocycles. The van der Waals surface area contributed by atoms with Crippen molar-refractivity contribution in [1.82, 2.24) is 9.80 Å². The topological polar surface area (TPSA) is 112 Å². The molecule has 4 atom stereocenters. The standard InChI is InChI=1S/C14H23NO4.C14H21NO4/c2*1-14(2,3)19-13(17)15-10-5-6-11(15)8-9(7-10)12(16)18-4/h9-11H,5-8H2,1-4H3;7,10-11H,5-6,8H2,1-4H3. The van der Waals surface area contributed by atoms with E-state index in [1.54, 1.807) is 4.90 Å². The highest BCUT2D eigenvalue weighted by molar-refractivity contribution is 5.89. The van der Waals surface area contributed by atoms with Crippen LogP contribution < -0.4 is 0 Å². The summed E-state index contributed by atoms with van der Waals surface area (Å²) >= 11 is 0. The van der Waals surface area contributed by atoms with Gasteiger partial charge in [0.05, 0.1) is 26.2 Å². The van der Waals surface area contributed by atoms with Gasteiger partial charge in [0, 0.05) is 23.7 Å². The number of esters is 2. The van der Waals surface area contributed by atoms with Gasteiger partial charge in [-0.2, -0.15) is 0 Å². The monoisotopic (exact) mass is 536 g/mol. The summed E-state index contributed by atoms with van der Waals surface area (Å²) in [6, 6.07) is 0.261. The van der Waals surface area contributed by atoms with E-state index >= 15 is 0 Å². The van der Waals surface area contributed by atoms with Crippen LogP contribution in [0.15, 0.2) is 11.6 Å². The number of ether oxygens (including phenoxy) is 4. The van der Waals surface area contributed by atoms with Crippen molar-refractivity contribution < 1.29 is 38.1 Å². The molecule has 0 spiro atoms. The van der Waals surface area contributed by atoms with E-state index in [0.29, 0.717) is 24.8 Å². The van der Waals surface area contributed by atoms with Gasteiger partial charge in [-0.05, 0) is 86.5 Å². The molecular formula is C28H44N2O8. The molecule has 3 fully saturated rings. The number of hydrogen-bond acceptors (Lipinski definition) is 8. The lowest BCUT2D eigenvalue weighted by molar-refractivity contribution is -0.148. The molecule has 4 aliphatic heterocycles. The molecule has 4 aliphatic rings. The lowest BCUT2D eigenvalue weighted by atomic mass is 9.91. The van der Waals surface area contributed by atoms with Crippen molar-refractivity contribution in [3.8, 4) is 0 Å². The Bertz CT molecular complexity index is 933. The van der Waals surface area contributed by atoms with Crippen LogP contribution in [0.1, 0.15) is 86.5 Å². The first-order chi connectivity index (χ1) is 17.6. The third-order valence-corrected chi connectivity index (χ3v) is 7.32. The van der Waals surface area contributed by atoms with Gasteiger partial charge in [0.1, 0.15) is 11.2 Å². The van der Waals surface area contributed by atoms with Crippen molar-refractivity contribution >= 4 is 24.1 Å². The molecule has 10 heteroatoms. The maximum Gasteiger partial charge on any atom is 0.411 e. The Morgan fingerprint density at radius 2 is 1.24 bits per heavy atom. The smallest absolute Gasteiger partial charge is 0.411 e. The summed E-state index contributed by atoms with van der Waals surface area (Å²) in [5.74, 6) is -0.511. The highest BCUT2D eigenvalue weighted by atomic mass is 16.6. The zero-order chi connectivity index (χ0) is 28.4. The first-order valence-electron chi connectivity index (χ1n) is 13.5. The number of carbonyl (C=O) groups excluding carboxylic acids is 4. The molecule has 0 saturated carbocycles. The average Bonchev–Trinajstić information content (AvgIpc) is 3.24. The first kappa shape index (κ1) is 29.8. The van der Waals surface area contributed by atoms with Gasteiger partial charge in [-0.3, -0.25) is 9.69 Å². The fraction of sp³-hybridized carbons (Fsp3) is 0.786. The Balaban J connectivity index is 0.000000211. The predicted octanol–water partition coefficient (Wildman–Crippen LogP) is 4.60. The molecule has 0 N–H and O–H groups in total. The molecule has 10 nitrogen and oxygen atoms in total. The van der Waals surface area contributed by atoms with Crippen LogP contribution in [0.3, 0.4) is 0 Å². The fourth-order valence-electron chi connectivity index (χ4n) is 5.86. The van der Waals surface area contributed by atoms with E-state index in [9.17, 15) is 19.2 Å². The number of rotatable bonds is 2. The van der Waals surface area contributed by atoms with E-state index in [0.717, 1.165) is 25.7 Å². The highest BCUT2D eigenvalue weighted by Crippen LogP contribution is 2.40. The van der Waals surface area contributed by atoms with Crippen LogP contribution in [-0.4, -0.2) is 83.5 Å².